The predicted molar refractivity (Wildman–Crippen MR) is 84.9 cm³/mol. The highest BCUT2D eigenvalue weighted by molar-refractivity contribution is 6.31. The molecule has 2 aromatic rings. The standard InChI is InChI=1S/C16H22ClN3/c1-4-16(18,5-2)10-20-11-19-9-15(20)13-7-6-12(3)14(17)8-13/h6-9,11H,4-5,10,18H2,1-3H3. The highest BCUT2D eigenvalue weighted by atomic mass is 35.5. The first-order chi connectivity index (χ1) is 9.49. The topological polar surface area (TPSA) is 43.8 Å². The van der Waals surface area contributed by atoms with Crippen molar-refractivity contribution in [3.8, 4) is 11.3 Å². The lowest BCUT2D eigenvalue weighted by molar-refractivity contribution is 0.340. The Bertz CT molecular complexity index is 585. The second kappa shape index (κ2) is 5.98. The van der Waals surface area contributed by atoms with Gasteiger partial charge in [0, 0.05) is 22.7 Å². The second-order valence-corrected chi connectivity index (χ2v) is 5.85. The summed E-state index contributed by atoms with van der Waals surface area (Å²) in [6.45, 7) is 7.02. The molecule has 0 aliphatic rings. The van der Waals surface area contributed by atoms with Gasteiger partial charge in [-0.15, -0.1) is 0 Å². The highest BCUT2D eigenvalue weighted by Crippen LogP contribution is 2.26. The molecule has 0 saturated heterocycles. The normalized spacial score (nSPS) is 11.8. The van der Waals surface area contributed by atoms with E-state index in [1.807, 2.05) is 31.6 Å². The van der Waals surface area contributed by atoms with Gasteiger partial charge >= 0.3 is 0 Å². The first-order valence-corrected chi connectivity index (χ1v) is 7.42. The monoisotopic (exact) mass is 291 g/mol. The molecular formula is C16H22ClN3. The third-order valence-electron chi connectivity index (χ3n) is 4.07. The number of hydrogen-bond acceptors (Lipinski definition) is 2. The summed E-state index contributed by atoms with van der Waals surface area (Å²) < 4.78 is 2.12. The van der Waals surface area contributed by atoms with E-state index in [2.05, 4.69) is 29.5 Å². The van der Waals surface area contributed by atoms with Crippen molar-refractivity contribution in [2.24, 2.45) is 5.73 Å². The molecule has 2 rings (SSSR count). The fourth-order valence-corrected chi connectivity index (χ4v) is 2.43. The third-order valence-corrected chi connectivity index (χ3v) is 4.48. The number of hydrogen-bond donors (Lipinski definition) is 1. The lowest BCUT2D eigenvalue weighted by atomic mass is 9.94. The van der Waals surface area contributed by atoms with E-state index in [0.717, 1.165) is 41.2 Å². The van der Waals surface area contributed by atoms with Crippen LogP contribution in [0.5, 0.6) is 0 Å². The molecule has 0 aliphatic heterocycles. The van der Waals surface area contributed by atoms with E-state index in [9.17, 15) is 0 Å². The van der Waals surface area contributed by atoms with Crippen LogP contribution in [-0.2, 0) is 6.54 Å². The van der Waals surface area contributed by atoms with Gasteiger partial charge in [0.15, 0.2) is 0 Å². The summed E-state index contributed by atoms with van der Waals surface area (Å²) in [6.07, 6.45) is 5.59. The third kappa shape index (κ3) is 3.05. The molecule has 0 unspecified atom stereocenters. The maximum absolute atomic E-state index is 6.41. The van der Waals surface area contributed by atoms with Crippen molar-refractivity contribution in [2.75, 3.05) is 0 Å². The average molecular weight is 292 g/mol. The van der Waals surface area contributed by atoms with Crippen LogP contribution in [0.15, 0.2) is 30.7 Å². The lowest BCUT2D eigenvalue weighted by Gasteiger charge is -2.28. The van der Waals surface area contributed by atoms with Crippen LogP contribution >= 0.6 is 11.6 Å². The molecule has 0 atom stereocenters. The van der Waals surface area contributed by atoms with Gasteiger partial charge in [0.2, 0.25) is 0 Å². The molecule has 0 aliphatic carbocycles. The van der Waals surface area contributed by atoms with E-state index in [4.69, 9.17) is 17.3 Å². The molecule has 1 aromatic carbocycles. The number of nitrogens with zero attached hydrogens (tertiary/aromatic N) is 2. The number of nitrogens with two attached hydrogens (primary N) is 1. The van der Waals surface area contributed by atoms with Gasteiger partial charge in [0.25, 0.3) is 0 Å². The van der Waals surface area contributed by atoms with E-state index >= 15 is 0 Å². The molecule has 0 spiro atoms. The number of aromatic nitrogens is 2. The van der Waals surface area contributed by atoms with E-state index in [0.29, 0.717) is 0 Å². The molecule has 0 saturated carbocycles. The Kier molecular flexibility index (Phi) is 4.51. The molecule has 0 amide bonds. The first kappa shape index (κ1) is 15.1. The van der Waals surface area contributed by atoms with Gasteiger partial charge < -0.3 is 10.3 Å². The summed E-state index contributed by atoms with van der Waals surface area (Å²) in [5, 5.41) is 0.778. The smallest absolute Gasteiger partial charge is 0.0951 e. The van der Waals surface area contributed by atoms with E-state index < -0.39 is 0 Å². The van der Waals surface area contributed by atoms with E-state index in [-0.39, 0.29) is 5.54 Å². The number of imidazole rings is 1. The summed E-state index contributed by atoms with van der Waals surface area (Å²) >= 11 is 6.22. The minimum absolute atomic E-state index is 0.191. The Morgan fingerprint density at radius 2 is 2.00 bits per heavy atom. The minimum atomic E-state index is -0.191. The van der Waals surface area contributed by atoms with Crippen LogP contribution in [0.4, 0.5) is 0 Å². The number of rotatable bonds is 5. The van der Waals surface area contributed by atoms with Crippen molar-refractivity contribution < 1.29 is 0 Å². The summed E-state index contributed by atoms with van der Waals surface area (Å²) in [5.74, 6) is 0. The zero-order valence-corrected chi connectivity index (χ0v) is 13.1. The van der Waals surface area contributed by atoms with Gasteiger partial charge in [0.1, 0.15) is 0 Å². The Morgan fingerprint density at radius 1 is 1.30 bits per heavy atom. The Labute approximate surface area is 125 Å². The highest BCUT2D eigenvalue weighted by Gasteiger charge is 2.22. The fraction of sp³-hybridized carbons (Fsp3) is 0.438. The quantitative estimate of drug-likeness (QED) is 0.904. The minimum Gasteiger partial charge on any atom is -0.329 e. The van der Waals surface area contributed by atoms with Crippen molar-refractivity contribution >= 4 is 11.6 Å². The van der Waals surface area contributed by atoms with Gasteiger partial charge in [0.05, 0.1) is 18.2 Å². The van der Waals surface area contributed by atoms with Crippen LogP contribution < -0.4 is 5.73 Å². The van der Waals surface area contributed by atoms with Crippen molar-refractivity contribution in [3.05, 3.63) is 41.3 Å². The van der Waals surface area contributed by atoms with Crippen molar-refractivity contribution in [1.82, 2.24) is 9.55 Å². The van der Waals surface area contributed by atoms with Gasteiger partial charge in [-0.2, -0.15) is 0 Å². The van der Waals surface area contributed by atoms with Crippen LogP contribution in [0.25, 0.3) is 11.3 Å². The second-order valence-electron chi connectivity index (χ2n) is 5.44. The SMILES string of the molecule is CCC(N)(CC)Cn1cncc1-c1ccc(C)c(Cl)c1. The maximum Gasteiger partial charge on any atom is 0.0951 e. The van der Waals surface area contributed by atoms with Crippen molar-refractivity contribution in [2.45, 2.75) is 45.7 Å². The van der Waals surface area contributed by atoms with Crippen LogP contribution in [0, 0.1) is 6.92 Å². The number of benzene rings is 1. The van der Waals surface area contributed by atoms with Gasteiger partial charge in [-0.1, -0.05) is 37.6 Å². The lowest BCUT2D eigenvalue weighted by Crippen LogP contribution is -2.42. The summed E-state index contributed by atoms with van der Waals surface area (Å²) in [7, 11) is 0. The first-order valence-electron chi connectivity index (χ1n) is 7.04. The molecule has 0 radical (unpaired) electrons. The maximum atomic E-state index is 6.41. The molecule has 0 fully saturated rings. The number of halogens is 1. The molecular weight excluding hydrogens is 270 g/mol. The molecule has 20 heavy (non-hydrogen) atoms. The number of aryl methyl sites for hydroxylation is 1. The Hall–Kier alpha value is -1.32. The molecule has 3 nitrogen and oxygen atoms in total. The van der Waals surface area contributed by atoms with Gasteiger partial charge in [-0.05, 0) is 31.4 Å². The summed E-state index contributed by atoms with van der Waals surface area (Å²) in [4.78, 5) is 4.27. The molecule has 2 N–H and O–H groups in total. The van der Waals surface area contributed by atoms with Crippen LogP contribution in [0.3, 0.4) is 0 Å². The van der Waals surface area contributed by atoms with Gasteiger partial charge in [-0.3, -0.25) is 0 Å². The predicted octanol–water partition coefficient (Wildman–Crippen LogP) is 4.03. The molecule has 1 heterocycles. The van der Waals surface area contributed by atoms with Crippen LogP contribution in [-0.4, -0.2) is 15.1 Å². The van der Waals surface area contributed by atoms with Crippen molar-refractivity contribution in [3.63, 3.8) is 0 Å². The molecule has 0 bridgehead atoms. The van der Waals surface area contributed by atoms with E-state index in [1.165, 1.54) is 0 Å². The Balaban J connectivity index is 2.35. The molecule has 1 aromatic heterocycles. The largest absolute Gasteiger partial charge is 0.329 e. The Morgan fingerprint density at radius 3 is 2.60 bits per heavy atom. The summed E-state index contributed by atoms with van der Waals surface area (Å²) in [6, 6.07) is 6.09. The van der Waals surface area contributed by atoms with Crippen LogP contribution in [0.1, 0.15) is 32.3 Å². The van der Waals surface area contributed by atoms with Crippen LogP contribution in [0.2, 0.25) is 5.02 Å². The molecule has 108 valence electrons. The van der Waals surface area contributed by atoms with Gasteiger partial charge in [-0.25, -0.2) is 4.98 Å². The fourth-order valence-electron chi connectivity index (χ4n) is 2.25. The van der Waals surface area contributed by atoms with Crippen molar-refractivity contribution in [1.29, 1.82) is 0 Å². The van der Waals surface area contributed by atoms with E-state index in [1.54, 1.807) is 0 Å². The zero-order chi connectivity index (χ0) is 14.8. The zero-order valence-electron chi connectivity index (χ0n) is 12.4. The summed E-state index contributed by atoms with van der Waals surface area (Å²) in [5.41, 5.74) is 9.44. The average Bonchev–Trinajstić information content (AvgIpc) is 2.89. The molecule has 4 heteroatoms.